The summed E-state index contributed by atoms with van der Waals surface area (Å²) in [7, 11) is 0. The van der Waals surface area contributed by atoms with E-state index in [0.717, 1.165) is 19.3 Å². The van der Waals surface area contributed by atoms with Gasteiger partial charge >= 0.3 is 5.97 Å². The summed E-state index contributed by atoms with van der Waals surface area (Å²) >= 11 is 0. The predicted molar refractivity (Wildman–Crippen MR) is 76.4 cm³/mol. The Morgan fingerprint density at radius 2 is 2.00 bits per heavy atom. The summed E-state index contributed by atoms with van der Waals surface area (Å²) in [6, 6.07) is -0.833. The van der Waals surface area contributed by atoms with Gasteiger partial charge in [-0.05, 0) is 24.7 Å². The lowest BCUT2D eigenvalue weighted by Gasteiger charge is -2.28. The summed E-state index contributed by atoms with van der Waals surface area (Å²) in [5.41, 5.74) is 0. The second kappa shape index (κ2) is 8.25. The number of carboxylic acid groups (broad SMARTS) is 1. The molecule has 116 valence electrons. The molecule has 0 aromatic heterocycles. The van der Waals surface area contributed by atoms with E-state index in [4.69, 9.17) is 9.84 Å². The van der Waals surface area contributed by atoms with Crippen molar-refractivity contribution in [1.29, 1.82) is 0 Å². The maximum absolute atomic E-state index is 11.8. The molecule has 0 saturated heterocycles. The molecule has 4 atom stereocenters. The van der Waals surface area contributed by atoms with Crippen LogP contribution in [0.3, 0.4) is 0 Å². The van der Waals surface area contributed by atoms with Gasteiger partial charge in [-0.25, -0.2) is 4.79 Å². The van der Waals surface area contributed by atoms with E-state index in [1.807, 2.05) is 13.8 Å². The number of carbonyl (C=O) groups excluding carboxylic acids is 1. The zero-order valence-corrected chi connectivity index (χ0v) is 12.7. The van der Waals surface area contributed by atoms with Gasteiger partial charge in [-0.1, -0.05) is 40.0 Å². The molecule has 2 N–H and O–H groups in total. The standard InChI is InChI=1S/C15H27NO4/c1-4-10(2)14(15(18)19)16-13(17)9-20-12-8-6-5-7-11(12)3/h10-12,14H,4-9H2,1-3H3,(H,16,17)(H,18,19). The molecule has 0 aromatic carbocycles. The molecule has 0 spiro atoms. The molecule has 5 heteroatoms. The Balaban J connectivity index is 2.39. The summed E-state index contributed by atoms with van der Waals surface area (Å²) in [6.45, 7) is 5.83. The topological polar surface area (TPSA) is 75.6 Å². The van der Waals surface area contributed by atoms with Gasteiger partial charge in [-0.2, -0.15) is 0 Å². The second-order valence-corrected chi connectivity index (χ2v) is 5.88. The maximum atomic E-state index is 11.8. The number of hydrogen-bond donors (Lipinski definition) is 2. The van der Waals surface area contributed by atoms with Crippen molar-refractivity contribution in [3.8, 4) is 0 Å². The van der Waals surface area contributed by atoms with Crippen LogP contribution in [0.4, 0.5) is 0 Å². The quantitative estimate of drug-likeness (QED) is 0.752. The van der Waals surface area contributed by atoms with Gasteiger partial charge in [0.25, 0.3) is 0 Å². The molecule has 0 aromatic rings. The minimum atomic E-state index is -0.987. The van der Waals surface area contributed by atoms with Crippen molar-refractivity contribution in [3.05, 3.63) is 0 Å². The Morgan fingerprint density at radius 1 is 1.35 bits per heavy atom. The van der Waals surface area contributed by atoms with Gasteiger partial charge in [0.15, 0.2) is 0 Å². The smallest absolute Gasteiger partial charge is 0.326 e. The van der Waals surface area contributed by atoms with Crippen LogP contribution in [-0.4, -0.2) is 35.7 Å². The number of aliphatic carboxylic acids is 1. The van der Waals surface area contributed by atoms with E-state index in [-0.39, 0.29) is 24.5 Å². The van der Waals surface area contributed by atoms with E-state index in [9.17, 15) is 9.59 Å². The molecule has 0 heterocycles. The Labute approximate surface area is 121 Å². The Morgan fingerprint density at radius 3 is 2.55 bits per heavy atom. The van der Waals surface area contributed by atoms with Crippen molar-refractivity contribution in [2.45, 2.75) is 65.0 Å². The van der Waals surface area contributed by atoms with Gasteiger partial charge < -0.3 is 15.2 Å². The second-order valence-electron chi connectivity index (χ2n) is 5.88. The third kappa shape index (κ3) is 5.12. The molecule has 4 unspecified atom stereocenters. The number of nitrogens with one attached hydrogen (secondary N) is 1. The van der Waals surface area contributed by atoms with Crippen LogP contribution in [0.15, 0.2) is 0 Å². The Bertz CT molecular complexity index is 332. The van der Waals surface area contributed by atoms with E-state index in [1.54, 1.807) is 0 Å². The molecule has 0 radical (unpaired) electrons. The van der Waals surface area contributed by atoms with Gasteiger partial charge in [0.05, 0.1) is 6.10 Å². The first kappa shape index (κ1) is 17.0. The van der Waals surface area contributed by atoms with Gasteiger partial charge in [0.1, 0.15) is 12.6 Å². The lowest BCUT2D eigenvalue weighted by atomic mass is 9.88. The first-order valence-corrected chi connectivity index (χ1v) is 7.59. The van der Waals surface area contributed by atoms with Crippen LogP contribution in [0.25, 0.3) is 0 Å². The Kier molecular flexibility index (Phi) is 6.99. The third-order valence-corrected chi connectivity index (χ3v) is 4.26. The van der Waals surface area contributed by atoms with Crippen molar-refractivity contribution in [2.75, 3.05) is 6.61 Å². The highest BCUT2D eigenvalue weighted by molar-refractivity contribution is 5.84. The van der Waals surface area contributed by atoms with Crippen molar-refractivity contribution < 1.29 is 19.4 Å². The van der Waals surface area contributed by atoms with Crippen LogP contribution in [0.1, 0.15) is 52.9 Å². The van der Waals surface area contributed by atoms with Crippen molar-refractivity contribution in [2.24, 2.45) is 11.8 Å². The van der Waals surface area contributed by atoms with E-state index in [2.05, 4.69) is 12.2 Å². The van der Waals surface area contributed by atoms with Crippen LogP contribution in [0.5, 0.6) is 0 Å². The molecule has 1 rings (SSSR count). The van der Waals surface area contributed by atoms with Crippen LogP contribution in [0, 0.1) is 11.8 Å². The number of carboxylic acids is 1. The van der Waals surface area contributed by atoms with Gasteiger partial charge in [-0.3, -0.25) is 4.79 Å². The van der Waals surface area contributed by atoms with Crippen LogP contribution in [0.2, 0.25) is 0 Å². The highest BCUT2D eigenvalue weighted by atomic mass is 16.5. The highest BCUT2D eigenvalue weighted by Gasteiger charge is 2.27. The molecule has 1 fully saturated rings. The van der Waals surface area contributed by atoms with E-state index < -0.39 is 12.0 Å². The van der Waals surface area contributed by atoms with Crippen LogP contribution in [-0.2, 0) is 14.3 Å². The van der Waals surface area contributed by atoms with E-state index in [1.165, 1.54) is 6.42 Å². The molecular formula is C15H27NO4. The molecule has 1 saturated carbocycles. The summed E-state index contributed by atoms with van der Waals surface area (Å²) in [5.74, 6) is -0.944. The van der Waals surface area contributed by atoms with Crippen molar-refractivity contribution in [1.82, 2.24) is 5.32 Å². The highest BCUT2D eigenvalue weighted by Crippen LogP contribution is 2.26. The zero-order chi connectivity index (χ0) is 15.1. The lowest BCUT2D eigenvalue weighted by Crippen LogP contribution is -2.46. The van der Waals surface area contributed by atoms with Crippen LogP contribution < -0.4 is 5.32 Å². The molecule has 1 amide bonds. The summed E-state index contributed by atoms with van der Waals surface area (Å²) in [4.78, 5) is 23.0. The maximum Gasteiger partial charge on any atom is 0.326 e. The molecule has 1 aliphatic carbocycles. The largest absolute Gasteiger partial charge is 0.480 e. The summed E-state index contributed by atoms with van der Waals surface area (Å²) in [5, 5.41) is 11.7. The number of hydrogen-bond acceptors (Lipinski definition) is 3. The SMILES string of the molecule is CCC(C)C(NC(=O)COC1CCCCC1C)C(=O)O. The molecule has 20 heavy (non-hydrogen) atoms. The zero-order valence-electron chi connectivity index (χ0n) is 12.7. The number of carbonyl (C=O) groups is 2. The monoisotopic (exact) mass is 285 g/mol. The molecule has 0 aliphatic heterocycles. The fourth-order valence-corrected chi connectivity index (χ4v) is 2.61. The molecule has 0 bridgehead atoms. The lowest BCUT2D eigenvalue weighted by molar-refractivity contribution is -0.144. The third-order valence-electron chi connectivity index (χ3n) is 4.26. The minimum Gasteiger partial charge on any atom is -0.480 e. The van der Waals surface area contributed by atoms with Crippen LogP contribution >= 0.6 is 0 Å². The fourth-order valence-electron chi connectivity index (χ4n) is 2.61. The summed E-state index contributed by atoms with van der Waals surface area (Å²) in [6.07, 6.45) is 5.32. The first-order chi connectivity index (χ1) is 9.45. The van der Waals surface area contributed by atoms with E-state index >= 15 is 0 Å². The number of amides is 1. The predicted octanol–water partition coefficient (Wildman–Crippen LogP) is 2.20. The van der Waals surface area contributed by atoms with Crippen molar-refractivity contribution in [3.63, 3.8) is 0 Å². The number of rotatable bonds is 7. The van der Waals surface area contributed by atoms with Gasteiger partial charge in [0, 0.05) is 0 Å². The van der Waals surface area contributed by atoms with Gasteiger partial charge in [-0.15, -0.1) is 0 Å². The van der Waals surface area contributed by atoms with Gasteiger partial charge in [0.2, 0.25) is 5.91 Å². The first-order valence-electron chi connectivity index (χ1n) is 7.59. The average molecular weight is 285 g/mol. The molecular weight excluding hydrogens is 258 g/mol. The molecule has 5 nitrogen and oxygen atoms in total. The summed E-state index contributed by atoms with van der Waals surface area (Å²) < 4.78 is 5.65. The fraction of sp³-hybridized carbons (Fsp3) is 0.867. The molecule has 1 aliphatic rings. The normalized spacial score (nSPS) is 25.8. The van der Waals surface area contributed by atoms with Crippen molar-refractivity contribution >= 4 is 11.9 Å². The number of ether oxygens (including phenoxy) is 1. The van der Waals surface area contributed by atoms with E-state index in [0.29, 0.717) is 12.3 Å². The average Bonchev–Trinajstić information content (AvgIpc) is 2.42. The minimum absolute atomic E-state index is 0.0464. The Hall–Kier alpha value is -1.10.